The number of hydrogen-bond acceptors (Lipinski definition) is 3. The fourth-order valence-electron chi connectivity index (χ4n) is 2.94. The van der Waals surface area contributed by atoms with E-state index >= 15 is 0 Å². The van der Waals surface area contributed by atoms with Crippen molar-refractivity contribution in [3.8, 4) is 0 Å². The van der Waals surface area contributed by atoms with Crippen LogP contribution in [0.2, 0.25) is 0 Å². The van der Waals surface area contributed by atoms with Crippen LogP contribution in [0.25, 0.3) is 0 Å². The number of amides is 2. The molecule has 1 fully saturated rings. The average Bonchev–Trinajstić information content (AvgIpc) is 3.21. The van der Waals surface area contributed by atoms with Crippen molar-refractivity contribution in [3.63, 3.8) is 0 Å². The van der Waals surface area contributed by atoms with Crippen LogP contribution in [0.1, 0.15) is 28.8 Å². The number of H-pyrrole nitrogens is 1. The molecule has 26 heavy (non-hydrogen) atoms. The lowest BCUT2D eigenvalue weighted by Crippen LogP contribution is -2.41. The maximum atomic E-state index is 12.2. The predicted molar refractivity (Wildman–Crippen MR) is 107 cm³/mol. The van der Waals surface area contributed by atoms with Crippen LogP contribution in [-0.4, -0.2) is 41.5 Å². The normalized spacial score (nSPS) is 14.9. The zero-order chi connectivity index (χ0) is 18.4. The van der Waals surface area contributed by atoms with Crippen molar-refractivity contribution in [2.24, 2.45) is 5.92 Å². The number of piperidine rings is 1. The van der Waals surface area contributed by atoms with E-state index < -0.39 is 0 Å². The SMILES string of the molecule is O=C(NCC1CCN(C(=O)OCc2ccc(I)cc2)CC1)c1cc[nH]c1. The molecule has 0 radical (unpaired) electrons. The first-order valence-corrected chi connectivity index (χ1v) is 9.77. The number of carbonyl (C=O) groups is 2. The Morgan fingerprint density at radius 2 is 1.92 bits per heavy atom. The highest BCUT2D eigenvalue weighted by Crippen LogP contribution is 2.18. The predicted octanol–water partition coefficient (Wildman–Crippen LogP) is 3.40. The molecule has 1 saturated heterocycles. The summed E-state index contributed by atoms with van der Waals surface area (Å²) in [7, 11) is 0. The van der Waals surface area contributed by atoms with Gasteiger partial charge < -0.3 is 19.9 Å². The van der Waals surface area contributed by atoms with Crippen molar-refractivity contribution in [2.75, 3.05) is 19.6 Å². The Kier molecular flexibility index (Phi) is 6.54. The first-order chi connectivity index (χ1) is 12.6. The minimum atomic E-state index is -0.265. The monoisotopic (exact) mass is 467 g/mol. The van der Waals surface area contributed by atoms with E-state index in [4.69, 9.17) is 4.74 Å². The number of halogens is 1. The molecule has 0 saturated carbocycles. The highest BCUT2D eigenvalue weighted by molar-refractivity contribution is 14.1. The Bertz CT molecular complexity index is 723. The summed E-state index contributed by atoms with van der Waals surface area (Å²) in [6.45, 7) is 2.25. The summed E-state index contributed by atoms with van der Waals surface area (Å²) in [5.41, 5.74) is 1.63. The van der Waals surface area contributed by atoms with Crippen LogP contribution in [0.3, 0.4) is 0 Å². The summed E-state index contributed by atoms with van der Waals surface area (Å²) in [5.74, 6) is 0.323. The number of ether oxygens (including phenoxy) is 1. The fraction of sp³-hybridized carbons (Fsp3) is 0.368. The van der Waals surface area contributed by atoms with Crippen LogP contribution in [0.5, 0.6) is 0 Å². The van der Waals surface area contributed by atoms with Gasteiger partial charge in [0.15, 0.2) is 0 Å². The molecule has 2 N–H and O–H groups in total. The van der Waals surface area contributed by atoms with E-state index in [1.54, 1.807) is 23.4 Å². The zero-order valence-electron chi connectivity index (χ0n) is 14.4. The lowest BCUT2D eigenvalue weighted by Gasteiger charge is -2.31. The van der Waals surface area contributed by atoms with E-state index in [1.807, 2.05) is 24.3 Å². The molecule has 1 aromatic carbocycles. The average molecular weight is 467 g/mol. The van der Waals surface area contributed by atoms with E-state index in [-0.39, 0.29) is 12.0 Å². The standard InChI is InChI=1S/C19H22IN3O3/c20-17-3-1-15(2-4-17)13-26-19(25)23-9-6-14(7-10-23)11-22-18(24)16-5-8-21-12-16/h1-5,8,12,14,21H,6-7,9-11,13H2,(H,22,24). The fourth-order valence-corrected chi connectivity index (χ4v) is 3.30. The first-order valence-electron chi connectivity index (χ1n) is 8.69. The third-order valence-electron chi connectivity index (χ3n) is 4.56. The van der Waals surface area contributed by atoms with Crippen LogP contribution in [0.15, 0.2) is 42.7 Å². The zero-order valence-corrected chi connectivity index (χ0v) is 16.6. The quantitative estimate of drug-likeness (QED) is 0.663. The summed E-state index contributed by atoms with van der Waals surface area (Å²) in [6, 6.07) is 9.68. The number of aromatic nitrogens is 1. The van der Waals surface area contributed by atoms with Crippen molar-refractivity contribution < 1.29 is 14.3 Å². The Hall–Kier alpha value is -2.03. The summed E-state index contributed by atoms with van der Waals surface area (Å²) < 4.78 is 6.56. The minimum Gasteiger partial charge on any atom is -0.445 e. The summed E-state index contributed by atoms with van der Waals surface area (Å²) >= 11 is 2.25. The number of nitrogens with one attached hydrogen (secondary N) is 2. The molecule has 1 aromatic heterocycles. The van der Waals surface area contributed by atoms with Crippen molar-refractivity contribution >= 4 is 34.6 Å². The number of hydrogen-bond donors (Lipinski definition) is 2. The molecule has 0 aliphatic carbocycles. The molecule has 2 heterocycles. The summed E-state index contributed by atoms with van der Waals surface area (Å²) in [6.07, 6.45) is 4.88. The Balaban J connectivity index is 1.37. The van der Waals surface area contributed by atoms with Crippen molar-refractivity contribution in [2.45, 2.75) is 19.4 Å². The van der Waals surface area contributed by atoms with Crippen LogP contribution < -0.4 is 5.32 Å². The van der Waals surface area contributed by atoms with Crippen molar-refractivity contribution in [1.29, 1.82) is 0 Å². The molecule has 0 atom stereocenters. The number of benzene rings is 1. The number of rotatable bonds is 5. The van der Waals surface area contributed by atoms with E-state index in [0.717, 1.165) is 22.0 Å². The summed E-state index contributed by atoms with van der Waals surface area (Å²) in [4.78, 5) is 28.8. The third kappa shape index (κ3) is 5.23. The molecule has 1 aliphatic heterocycles. The molecule has 0 unspecified atom stereocenters. The smallest absolute Gasteiger partial charge is 0.410 e. The molecule has 3 rings (SSSR count). The third-order valence-corrected chi connectivity index (χ3v) is 5.28. The number of carbonyl (C=O) groups excluding carboxylic acids is 2. The first kappa shape index (κ1) is 18.8. The van der Waals surface area contributed by atoms with Gasteiger partial charge in [0.2, 0.25) is 0 Å². The molecular weight excluding hydrogens is 445 g/mol. The number of likely N-dealkylation sites (tertiary alicyclic amines) is 1. The molecule has 0 spiro atoms. The van der Waals surface area contributed by atoms with Gasteiger partial charge in [-0.05, 0) is 65.1 Å². The van der Waals surface area contributed by atoms with Gasteiger partial charge in [-0.15, -0.1) is 0 Å². The van der Waals surface area contributed by atoms with Gasteiger partial charge in [0, 0.05) is 35.6 Å². The lowest BCUT2D eigenvalue weighted by atomic mass is 9.97. The van der Waals surface area contributed by atoms with Crippen LogP contribution in [-0.2, 0) is 11.3 Å². The molecule has 6 nitrogen and oxygen atoms in total. The van der Waals surface area contributed by atoms with E-state index in [1.165, 1.54) is 0 Å². The molecule has 2 amide bonds. The van der Waals surface area contributed by atoms with Gasteiger partial charge in [0.05, 0.1) is 5.56 Å². The van der Waals surface area contributed by atoms with E-state index in [2.05, 4.69) is 32.9 Å². The molecule has 2 aromatic rings. The van der Waals surface area contributed by atoms with Crippen LogP contribution in [0, 0.1) is 9.49 Å². The Labute approximate surface area is 166 Å². The van der Waals surface area contributed by atoms with Gasteiger partial charge in [0.25, 0.3) is 5.91 Å². The lowest BCUT2D eigenvalue weighted by molar-refractivity contribution is 0.0801. The van der Waals surface area contributed by atoms with Gasteiger partial charge in [-0.1, -0.05) is 12.1 Å². The van der Waals surface area contributed by atoms with Gasteiger partial charge in [0.1, 0.15) is 6.61 Å². The van der Waals surface area contributed by atoms with Crippen molar-refractivity contribution in [3.05, 3.63) is 57.4 Å². The largest absolute Gasteiger partial charge is 0.445 e. The second kappa shape index (κ2) is 9.07. The maximum absolute atomic E-state index is 12.2. The van der Waals surface area contributed by atoms with E-state index in [0.29, 0.717) is 37.7 Å². The van der Waals surface area contributed by atoms with Crippen molar-refractivity contribution in [1.82, 2.24) is 15.2 Å². The molecule has 138 valence electrons. The Morgan fingerprint density at radius 1 is 1.19 bits per heavy atom. The van der Waals surface area contributed by atoms with Crippen LogP contribution >= 0.6 is 22.6 Å². The van der Waals surface area contributed by atoms with Gasteiger partial charge >= 0.3 is 6.09 Å². The highest BCUT2D eigenvalue weighted by atomic mass is 127. The molecule has 0 bridgehead atoms. The highest BCUT2D eigenvalue weighted by Gasteiger charge is 2.24. The molecule has 7 heteroatoms. The Morgan fingerprint density at radius 3 is 2.58 bits per heavy atom. The van der Waals surface area contributed by atoms with E-state index in [9.17, 15) is 9.59 Å². The molecule has 1 aliphatic rings. The molecular formula is C19H22IN3O3. The maximum Gasteiger partial charge on any atom is 0.410 e. The van der Waals surface area contributed by atoms with Gasteiger partial charge in [-0.2, -0.15) is 0 Å². The minimum absolute atomic E-state index is 0.0642. The van der Waals surface area contributed by atoms with Gasteiger partial charge in [-0.25, -0.2) is 4.79 Å². The summed E-state index contributed by atoms with van der Waals surface area (Å²) in [5, 5.41) is 2.96. The van der Waals surface area contributed by atoms with Gasteiger partial charge in [-0.3, -0.25) is 4.79 Å². The second-order valence-electron chi connectivity index (χ2n) is 6.42. The van der Waals surface area contributed by atoms with Crippen LogP contribution in [0.4, 0.5) is 4.79 Å². The number of aromatic amines is 1. The second-order valence-corrected chi connectivity index (χ2v) is 7.67. The number of nitrogens with zero attached hydrogens (tertiary/aromatic N) is 1. The topological polar surface area (TPSA) is 74.4 Å².